The van der Waals surface area contributed by atoms with Gasteiger partial charge in [0.1, 0.15) is 0 Å². The van der Waals surface area contributed by atoms with Crippen LogP contribution in [0.2, 0.25) is 0 Å². The number of hydrogen-bond acceptors (Lipinski definition) is 3. The van der Waals surface area contributed by atoms with Gasteiger partial charge in [-0.1, -0.05) is 0 Å². The number of piperazine rings is 1. The van der Waals surface area contributed by atoms with Gasteiger partial charge in [0, 0.05) is 26.2 Å². The largest absolute Gasteiger partial charge is 0.340 e. The molecule has 0 spiro atoms. The third-order valence-electron chi connectivity index (χ3n) is 2.19. The molecule has 78 valence electrons. The Hall–Kier alpha value is 0.0700. The Morgan fingerprint density at radius 3 is 2.38 bits per heavy atom. The average Bonchev–Trinajstić information content (AvgIpc) is 2.05. The van der Waals surface area contributed by atoms with Gasteiger partial charge in [-0.2, -0.15) is 0 Å². The zero-order chi connectivity index (χ0) is 9.90. The van der Waals surface area contributed by atoms with Crippen LogP contribution in [-0.2, 0) is 9.09 Å². The number of likely N-dealkylation sites (N-methyl/N-ethyl adjacent to an activating group) is 1. The van der Waals surface area contributed by atoms with Crippen molar-refractivity contribution >= 4 is 7.67 Å². The minimum absolute atomic E-state index is 0.403. The standard InChI is InChI=1S/C7H18N3O2P/c1-3-12-13(8,11)10-6-4-9(2)5-7-10/h3-7H2,1-2H3,(H2,8,11). The Labute approximate surface area is 79.4 Å². The van der Waals surface area contributed by atoms with Gasteiger partial charge in [0.2, 0.25) is 0 Å². The van der Waals surface area contributed by atoms with Crippen LogP contribution < -0.4 is 5.50 Å². The van der Waals surface area contributed by atoms with Crippen LogP contribution in [0.4, 0.5) is 0 Å². The number of hydrogen-bond donors (Lipinski definition) is 1. The Kier molecular flexibility index (Phi) is 3.88. The Morgan fingerprint density at radius 2 is 1.92 bits per heavy atom. The van der Waals surface area contributed by atoms with E-state index in [1.54, 1.807) is 11.6 Å². The van der Waals surface area contributed by atoms with Gasteiger partial charge in [0.15, 0.2) is 0 Å². The SMILES string of the molecule is CCOP(N)(=O)N1CCN(C)CC1. The predicted octanol–water partition coefficient (Wildman–Crippen LogP) is 0.337. The van der Waals surface area contributed by atoms with Gasteiger partial charge in [-0.05, 0) is 14.0 Å². The molecule has 0 aromatic rings. The predicted molar refractivity (Wildman–Crippen MR) is 52.5 cm³/mol. The van der Waals surface area contributed by atoms with Gasteiger partial charge in [-0.25, -0.2) is 10.2 Å². The Bertz CT molecular complexity index is 204. The molecule has 5 nitrogen and oxygen atoms in total. The molecule has 1 atom stereocenters. The van der Waals surface area contributed by atoms with Crippen LogP contribution in [0, 0.1) is 0 Å². The summed E-state index contributed by atoms with van der Waals surface area (Å²) in [4.78, 5) is 2.18. The van der Waals surface area contributed by atoms with Crippen molar-refractivity contribution in [3.63, 3.8) is 0 Å². The number of nitrogens with two attached hydrogens (primary N) is 1. The molecule has 1 rings (SSSR count). The van der Waals surface area contributed by atoms with Crippen LogP contribution in [0.3, 0.4) is 0 Å². The molecule has 0 aliphatic carbocycles. The zero-order valence-electron chi connectivity index (χ0n) is 8.27. The lowest BCUT2D eigenvalue weighted by Crippen LogP contribution is -2.44. The second-order valence-corrected chi connectivity index (χ2v) is 5.19. The van der Waals surface area contributed by atoms with Crippen molar-refractivity contribution in [2.75, 3.05) is 39.8 Å². The van der Waals surface area contributed by atoms with E-state index < -0.39 is 7.67 Å². The van der Waals surface area contributed by atoms with E-state index in [9.17, 15) is 4.57 Å². The maximum atomic E-state index is 11.7. The molecule has 0 radical (unpaired) electrons. The molecule has 1 saturated heterocycles. The first kappa shape index (κ1) is 11.1. The summed E-state index contributed by atoms with van der Waals surface area (Å²) in [6, 6.07) is 0. The molecule has 1 fully saturated rings. The van der Waals surface area contributed by atoms with Crippen molar-refractivity contribution in [1.29, 1.82) is 0 Å². The molecule has 6 heteroatoms. The fraction of sp³-hybridized carbons (Fsp3) is 1.00. The first-order chi connectivity index (χ1) is 6.06. The first-order valence-electron chi connectivity index (χ1n) is 4.53. The molecule has 0 aromatic heterocycles. The number of rotatable bonds is 3. The van der Waals surface area contributed by atoms with Crippen molar-refractivity contribution in [2.45, 2.75) is 6.92 Å². The Morgan fingerprint density at radius 1 is 1.38 bits per heavy atom. The van der Waals surface area contributed by atoms with Crippen LogP contribution in [0.1, 0.15) is 6.92 Å². The summed E-state index contributed by atoms with van der Waals surface area (Å²) in [5.74, 6) is 0. The van der Waals surface area contributed by atoms with Crippen molar-refractivity contribution in [2.24, 2.45) is 5.50 Å². The van der Waals surface area contributed by atoms with Crippen LogP contribution in [0.25, 0.3) is 0 Å². The van der Waals surface area contributed by atoms with Crippen molar-refractivity contribution in [3.8, 4) is 0 Å². The zero-order valence-corrected chi connectivity index (χ0v) is 9.17. The maximum Gasteiger partial charge on any atom is 0.340 e. The van der Waals surface area contributed by atoms with E-state index >= 15 is 0 Å². The van der Waals surface area contributed by atoms with Crippen molar-refractivity contribution in [1.82, 2.24) is 9.57 Å². The van der Waals surface area contributed by atoms with Crippen molar-refractivity contribution in [3.05, 3.63) is 0 Å². The highest BCUT2D eigenvalue weighted by Crippen LogP contribution is 2.42. The lowest BCUT2D eigenvalue weighted by molar-refractivity contribution is 0.192. The Balaban J connectivity index is 2.48. The molecule has 1 heterocycles. The quantitative estimate of drug-likeness (QED) is 0.676. The third kappa shape index (κ3) is 3.04. The molecule has 0 saturated carbocycles. The second kappa shape index (κ2) is 4.53. The molecule has 0 bridgehead atoms. The molecular formula is C7H18N3O2P. The maximum absolute atomic E-state index is 11.7. The van der Waals surface area contributed by atoms with Crippen LogP contribution in [0.15, 0.2) is 0 Å². The minimum Gasteiger partial charge on any atom is -0.306 e. The van der Waals surface area contributed by atoms with Gasteiger partial charge in [-0.15, -0.1) is 0 Å². The third-order valence-corrected chi connectivity index (χ3v) is 4.00. The lowest BCUT2D eigenvalue weighted by atomic mass is 10.4. The van der Waals surface area contributed by atoms with E-state index in [1.165, 1.54) is 0 Å². The fourth-order valence-corrected chi connectivity index (χ4v) is 2.61. The lowest BCUT2D eigenvalue weighted by Gasteiger charge is -2.34. The van der Waals surface area contributed by atoms with Gasteiger partial charge in [-0.3, -0.25) is 4.57 Å². The molecule has 1 aliphatic rings. The van der Waals surface area contributed by atoms with Crippen LogP contribution in [-0.4, -0.2) is 49.4 Å². The van der Waals surface area contributed by atoms with Crippen molar-refractivity contribution < 1.29 is 9.09 Å². The van der Waals surface area contributed by atoms with E-state index in [0.717, 1.165) is 26.2 Å². The van der Waals surface area contributed by atoms with Crippen LogP contribution in [0.5, 0.6) is 0 Å². The monoisotopic (exact) mass is 207 g/mol. The molecular weight excluding hydrogens is 189 g/mol. The number of nitrogens with zero attached hydrogens (tertiary/aromatic N) is 2. The molecule has 1 aliphatic heterocycles. The van der Waals surface area contributed by atoms with E-state index in [-0.39, 0.29) is 0 Å². The van der Waals surface area contributed by atoms with Gasteiger partial charge >= 0.3 is 7.67 Å². The highest BCUT2D eigenvalue weighted by molar-refractivity contribution is 7.53. The second-order valence-electron chi connectivity index (χ2n) is 3.24. The highest BCUT2D eigenvalue weighted by Gasteiger charge is 2.29. The van der Waals surface area contributed by atoms with E-state index in [1.807, 2.05) is 7.05 Å². The summed E-state index contributed by atoms with van der Waals surface area (Å²) in [5.41, 5.74) is 5.59. The normalized spacial score (nSPS) is 25.8. The van der Waals surface area contributed by atoms with Crippen LogP contribution >= 0.6 is 7.67 Å². The van der Waals surface area contributed by atoms with Gasteiger partial charge in [0.05, 0.1) is 6.61 Å². The summed E-state index contributed by atoms with van der Waals surface area (Å²) in [6.07, 6.45) is 0. The molecule has 13 heavy (non-hydrogen) atoms. The highest BCUT2D eigenvalue weighted by atomic mass is 31.2. The molecule has 0 amide bonds. The molecule has 2 N–H and O–H groups in total. The van der Waals surface area contributed by atoms with E-state index in [4.69, 9.17) is 10.0 Å². The summed E-state index contributed by atoms with van der Waals surface area (Å²) < 4.78 is 18.5. The first-order valence-corrected chi connectivity index (χ1v) is 6.18. The summed E-state index contributed by atoms with van der Waals surface area (Å²) in [6.45, 7) is 5.45. The minimum atomic E-state index is -2.99. The summed E-state index contributed by atoms with van der Waals surface area (Å²) in [7, 11) is -0.947. The summed E-state index contributed by atoms with van der Waals surface area (Å²) in [5, 5.41) is 0. The fourth-order valence-electron chi connectivity index (χ4n) is 1.34. The summed E-state index contributed by atoms with van der Waals surface area (Å²) >= 11 is 0. The molecule has 1 unspecified atom stereocenters. The van der Waals surface area contributed by atoms with E-state index in [2.05, 4.69) is 4.90 Å². The topological polar surface area (TPSA) is 58.8 Å². The van der Waals surface area contributed by atoms with Gasteiger partial charge in [0.25, 0.3) is 0 Å². The van der Waals surface area contributed by atoms with E-state index in [0.29, 0.717) is 6.61 Å². The molecule has 0 aromatic carbocycles. The van der Waals surface area contributed by atoms with Gasteiger partial charge < -0.3 is 9.42 Å². The smallest absolute Gasteiger partial charge is 0.306 e. The average molecular weight is 207 g/mol.